The monoisotopic (exact) mass is 394 g/mol. The Morgan fingerprint density at radius 1 is 1.03 bits per heavy atom. The van der Waals surface area contributed by atoms with Crippen LogP contribution in [0, 0.1) is 20.8 Å². The fraction of sp³-hybridized carbons (Fsp3) is 0.375. The second kappa shape index (κ2) is 7.82. The highest BCUT2D eigenvalue weighted by Gasteiger charge is 2.29. The van der Waals surface area contributed by atoms with Gasteiger partial charge in [0.25, 0.3) is 0 Å². The molecule has 0 saturated carbocycles. The Morgan fingerprint density at radius 2 is 1.62 bits per heavy atom. The van der Waals surface area contributed by atoms with Crippen LogP contribution in [0.25, 0.3) is 5.70 Å². The van der Waals surface area contributed by atoms with Crippen molar-refractivity contribution < 1.29 is 14.3 Å². The number of aryl methyl sites for hydroxylation is 3. The minimum Gasteiger partial charge on any atom is -0.493 e. The molecule has 0 saturated heterocycles. The first-order chi connectivity index (χ1) is 13.6. The van der Waals surface area contributed by atoms with Crippen molar-refractivity contribution in [2.24, 2.45) is 0 Å². The number of methoxy groups -OCH3 is 2. The van der Waals surface area contributed by atoms with Crippen LogP contribution < -0.4 is 20.1 Å². The van der Waals surface area contributed by atoms with E-state index in [2.05, 4.69) is 43.5 Å². The number of carbonyl (C=O) groups excluding carboxylic acids is 1. The van der Waals surface area contributed by atoms with Gasteiger partial charge in [-0.05, 0) is 69.9 Å². The van der Waals surface area contributed by atoms with Gasteiger partial charge in [-0.15, -0.1) is 0 Å². The molecule has 0 unspecified atom stereocenters. The molecule has 29 heavy (non-hydrogen) atoms. The number of rotatable bonds is 4. The van der Waals surface area contributed by atoms with Gasteiger partial charge in [-0.25, -0.2) is 0 Å². The third-order valence-corrected chi connectivity index (χ3v) is 5.21. The molecule has 1 amide bonds. The van der Waals surface area contributed by atoms with E-state index in [9.17, 15) is 4.79 Å². The van der Waals surface area contributed by atoms with Crippen molar-refractivity contribution >= 4 is 17.3 Å². The molecule has 0 radical (unpaired) electrons. The molecule has 154 valence electrons. The molecule has 5 nitrogen and oxygen atoms in total. The number of ether oxygens (including phenoxy) is 2. The van der Waals surface area contributed by atoms with Gasteiger partial charge in [-0.3, -0.25) is 4.79 Å². The van der Waals surface area contributed by atoms with Gasteiger partial charge < -0.3 is 20.1 Å². The third kappa shape index (κ3) is 4.39. The zero-order valence-electron chi connectivity index (χ0n) is 18.3. The molecule has 0 spiro atoms. The van der Waals surface area contributed by atoms with E-state index in [1.165, 1.54) is 5.56 Å². The largest absolute Gasteiger partial charge is 0.493 e. The number of nitrogens with one attached hydrogen (secondary N) is 2. The summed E-state index contributed by atoms with van der Waals surface area (Å²) in [4.78, 5) is 12.9. The maximum atomic E-state index is 12.9. The summed E-state index contributed by atoms with van der Waals surface area (Å²) in [6.45, 7) is 10.3. The minimum atomic E-state index is -0.186. The highest BCUT2D eigenvalue weighted by atomic mass is 16.5. The van der Waals surface area contributed by atoms with Crippen molar-refractivity contribution in [1.29, 1.82) is 0 Å². The quantitative estimate of drug-likeness (QED) is 0.748. The van der Waals surface area contributed by atoms with Gasteiger partial charge in [-0.1, -0.05) is 17.7 Å². The molecule has 1 heterocycles. The summed E-state index contributed by atoms with van der Waals surface area (Å²) in [6.07, 6.45) is 2.45. The molecule has 1 aliphatic rings. The smallest absolute Gasteiger partial charge is 0.250 e. The molecule has 0 bridgehead atoms. The SMILES string of the molecule is COc1cc2c(cc1OC)C(=CC(=O)Nc1c(C)cc(C)cc1C)NC(C)(C)C2. The Morgan fingerprint density at radius 3 is 2.21 bits per heavy atom. The van der Waals surface area contributed by atoms with Crippen LogP contribution in [0.2, 0.25) is 0 Å². The molecule has 0 aromatic heterocycles. The number of fused-ring (bicyclic) bond motifs is 1. The number of carbonyl (C=O) groups is 1. The van der Waals surface area contributed by atoms with Gasteiger partial charge in [-0.2, -0.15) is 0 Å². The van der Waals surface area contributed by atoms with Crippen molar-refractivity contribution in [2.45, 2.75) is 46.6 Å². The maximum Gasteiger partial charge on any atom is 0.250 e. The molecule has 5 heteroatoms. The normalized spacial score (nSPS) is 16.0. The second-order valence-electron chi connectivity index (χ2n) is 8.37. The molecule has 0 fully saturated rings. The Kier molecular flexibility index (Phi) is 5.60. The lowest BCUT2D eigenvalue weighted by atomic mass is 9.85. The predicted molar refractivity (Wildman–Crippen MR) is 118 cm³/mol. The van der Waals surface area contributed by atoms with Crippen LogP contribution in [0.15, 0.2) is 30.3 Å². The standard InChI is InChI=1S/C24H30N2O3/c1-14-8-15(2)23(16(3)9-14)25-22(27)12-19-18-11-21(29-7)20(28-6)10-17(18)13-24(4,5)26-19/h8-12,26H,13H2,1-7H3,(H,25,27). The van der Waals surface area contributed by atoms with Crippen LogP contribution in [-0.4, -0.2) is 25.7 Å². The maximum absolute atomic E-state index is 12.9. The van der Waals surface area contributed by atoms with Crippen LogP contribution in [0.5, 0.6) is 11.5 Å². The van der Waals surface area contributed by atoms with Crippen molar-refractivity contribution in [3.05, 3.63) is 58.2 Å². The number of hydrogen-bond acceptors (Lipinski definition) is 4. The lowest BCUT2D eigenvalue weighted by Crippen LogP contribution is -2.44. The Labute approximate surface area is 173 Å². The summed E-state index contributed by atoms with van der Waals surface area (Å²) in [5.74, 6) is 1.17. The summed E-state index contributed by atoms with van der Waals surface area (Å²) in [5.41, 5.74) is 6.81. The Bertz CT molecular complexity index is 967. The number of benzene rings is 2. The Hall–Kier alpha value is -2.95. The number of hydrogen-bond donors (Lipinski definition) is 2. The molecule has 3 rings (SSSR count). The molecular formula is C24H30N2O3. The average molecular weight is 395 g/mol. The Balaban J connectivity index is 2.00. The van der Waals surface area contributed by atoms with Gasteiger partial charge in [0.05, 0.1) is 14.2 Å². The van der Waals surface area contributed by atoms with E-state index in [1.54, 1.807) is 20.3 Å². The van der Waals surface area contributed by atoms with Gasteiger partial charge in [0.2, 0.25) is 5.91 Å². The summed E-state index contributed by atoms with van der Waals surface area (Å²) < 4.78 is 10.9. The molecular weight excluding hydrogens is 364 g/mol. The minimum absolute atomic E-state index is 0.166. The van der Waals surface area contributed by atoms with Crippen molar-refractivity contribution in [3.8, 4) is 11.5 Å². The van der Waals surface area contributed by atoms with Crippen LogP contribution in [0.4, 0.5) is 5.69 Å². The molecule has 2 aromatic rings. The molecule has 2 aromatic carbocycles. The van der Waals surface area contributed by atoms with E-state index < -0.39 is 0 Å². The second-order valence-corrected chi connectivity index (χ2v) is 8.37. The molecule has 0 aliphatic carbocycles. The summed E-state index contributed by atoms with van der Waals surface area (Å²) in [6, 6.07) is 8.07. The van der Waals surface area contributed by atoms with Crippen LogP contribution in [0.1, 0.15) is 41.7 Å². The first-order valence-electron chi connectivity index (χ1n) is 9.77. The van der Waals surface area contributed by atoms with E-state index in [0.717, 1.165) is 40.1 Å². The fourth-order valence-electron chi connectivity index (χ4n) is 4.05. The summed E-state index contributed by atoms with van der Waals surface area (Å²) in [7, 11) is 3.25. The fourth-order valence-corrected chi connectivity index (χ4v) is 4.05. The lowest BCUT2D eigenvalue weighted by Gasteiger charge is -2.36. The van der Waals surface area contributed by atoms with Gasteiger partial charge in [0, 0.05) is 28.6 Å². The molecule has 1 aliphatic heterocycles. The highest BCUT2D eigenvalue weighted by molar-refractivity contribution is 6.05. The highest BCUT2D eigenvalue weighted by Crippen LogP contribution is 2.38. The topological polar surface area (TPSA) is 59.6 Å². The van der Waals surface area contributed by atoms with Crippen LogP contribution in [0.3, 0.4) is 0 Å². The molecule has 2 N–H and O–H groups in total. The number of anilines is 1. The average Bonchev–Trinajstić information content (AvgIpc) is 2.62. The van der Waals surface area contributed by atoms with Gasteiger partial charge in [0.1, 0.15) is 0 Å². The van der Waals surface area contributed by atoms with E-state index >= 15 is 0 Å². The van der Waals surface area contributed by atoms with Crippen molar-refractivity contribution in [2.75, 3.05) is 19.5 Å². The van der Waals surface area contributed by atoms with Gasteiger partial charge >= 0.3 is 0 Å². The number of amides is 1. The molecule has 0 atom stereocenters. The van der Waals surface area contributed by atoms with E-state index in [0.29, 0.717) is 11.5 Å². The van der Waals surface area contributed by atoms with Crippen molar-refractivity contribution in [3.63, 3.8) is 0 Å². The lowest BCUT2D eigenvalue weighted by molar-refractivity contribution is -0.111. The zero-order chi connectivity index (χ0) is 21.3. The van der Waals surface area contributed by atoms with E-state index in [4.69, 9.17) is 9.47 Å². The van der Waals surface area contributed by atoms with E-state index in [-0.39, 0.29) is 11.4 Å². The van der Waals surface area contributed by atoms with Crippen LogP contribution in [-0.2, 0) is 11.2 Å². The van der Waals surface area contributed by atoms with Gasteiger partial charge in [0.15, 0.2) is 11.5 Å². The first kappa shape index (κ1) is 20.8. The van der Waals surface area contributed by atoms with Crippen LogP contribution >= 0.6 is 0 Å². The van der Waals surface area contributed by atoms with Crippen molar-refractivity contribution in [1.82, 2.24) is 5.32 Å². The van der Waals surface area contributed by atoms with E-state index in [1.807, 2.05) is 26.0 Å². The zero-order valence-corrected chi connectivity index (χ0v) is 18.3. The summed E-state index contributed by atoms with van der Waals surface area (Å²) in [5, 5.41) is 6.55. The predicted octanol–water partition coefficient (Wildman–Crippen LogP) is 4.53. The first-order valence-corrected chi connectivity index (χ1v) is 9.77. The summed E-state index contributed by atoms with van der Waals surface area (Å²) >= 11 is 0. The third-order valence-electron chi connectivity index (χ3n) is 5.21.